The summed E-state index contributed by atoms with van der Waals surface area (Å²) in [7, 11) is 0. The van der Waals surface area contributed by atoms with Crippen molar-refractivity contribution >= 4 is 40.8 Å². The molecular weight excluding hydrogens is 490 g/mol. The van der Waals surface area contributed by atoms with E-state index in [0.717, 1.165) is 11.8 Å². The number of carbonyl (C=O) groups excluding carboxylic acids is 3. The lowest BCUT2D eigenvalue weighted by Gasteiger charge is -2.22. The van der Waals surface area contributed by atoms with Crippen molar-refractivity contribution in [1.82, 2.24) is 20.2 Å². The normalized spacial score (nSPS) is 21.9. The Balaban J connectivity index is 1.23. The molecular formula is C27H23N5O4S. The van der Waals surface area contributed by atoms with E-state index < -0.39 is 11.1 Å². The maximum atomic E-state index is 12.9. The third-order valence-electron chi connectivity index (χ3n) is 6.67. The quantitative estimate of drug-likeness (QED) is 0.514. The molecule has 1 N–H and O–H groups in total. The third kappa shape index (κ3) is 4.92. The molecule has 0 radical (unpaired) electrons. The first-order chi connectivity index (χ1) is 18.0. The lowest BCUT2D eigenvalue weighted by Crippen LogP contribution is -2.33. The molecule has 0 spiro atoms. The second-order valence-electron chi connectivity index (χ2n) is 9.20. The highest BCUT2D eigenvalue weighted by Gasteiger charge is 2.42. The number of imide groups is 1. The molecule has 0 aliphatic carbocycles. The summed E-state index contributed by atoms with van der Waals surface area (Å²) in [6, 6.07) is 20.3. The number of anilines is 1. The van der Waals surface area contributed by atoms with E-state index in [1.807, 2.05) is 65.6 Å². The average Bonchev–Trinajstić information content (AvgIpc) is 3.57. The van der Waals surface area contributed by atoms with Crippen molar-refractivity contribution in [3.8, 4) is 11.6 Å². The molecule has 1 aromatic heterocycles. The van der Waals surface area contributed by atoms with Gasteiger partial charge in [0.1, 0.15) is 5.75 Å². The van der Waals surface area contributed by atoms with Crippen molar-refractivity contribution in [2.75, 3.05) is 31.1 Å². The lowest BCUT2D eigenvalue weighted by atomic mass is 10.0. The summed E-state index contributed by atoms with van der Waals surface area (Å²) in [6.45, 7) is 2.79. The number of thioether (sulfide) groups is 1. The van der Waals surface area contributed by atoms with Crippen molar-refractivity contribution in [1.29, 1.82) is 0 Å². The molecule has 3 aliphatic heterocycles. The van der Waals surface area contributed by atoms with E-state index in [4.69, 9.17) is 4.74 Å². The molecule has 3 aliphatic rings. The number of hydrogen-bond acceptors (Lipinski definition) is 8. The van der Waals surface area contributed by atoms with Gasteiger partial charge in [0.15, 0.2) is 0 Å². The summed E-state index contributed by atoms with van der Waals surface area (Å²) in [6.07, 6.45) is 1.57. The van der Waals surface area contributed by atoms with E-state index in [9.17, 15) is 14.4 Å². The predicted octanol–water partition coefficient (Wildman–Crippen LogP) is 3.80. The molecule has 2 atom stereocenters. The van der Waals surface area contributed by atoms with Gasteiger partial charge < -0.3 is 14.5 Å². The zero-order valence-corrected chi connectivity index (χ0v) is 20.6. The number of hydrogen-bond donors (Lipinski definition) is 1. The highest BCUT2D eigenvalue weighted by Crippen LogP contribution is 2.35. The number of amides is 3. The van der Waals surface area contributed by atoms with Crippen LogP contribution < -0.4 is 15.0 Å². The lowest BCUT2D eigenvalue weighted by molar-refractivity contribution is -0.115. The average molecular weight is 514 g/mol. The Kier molecular flexibility index (Phi) is 6.09. The van der Waals surface area contributed by atoms with Gasteiger partial charge in [0, 0.05) is 49.6 Å². The van der Waals surface area contributed by atoms with Crippen LogP contribution in [0.4, 0.5) is 10.7 Å². The van der Waals surface area contributed by atoms with Crippen molar-refractivity contribution < 1.29 is 19.1 Å². The monoisotopic (exact) mass is 513 g/mol. The van der Waals surface area contributed by atoms with Gasteiger partial charge in [-0.25, -0.2) is 4.98 Å². The Morgan fingerprint density at radius 3 is 2.27 bits per heavy atom. The molecule has 6 rings (SSSR count). The van der Waals surface area contributed by atoms with Gasteiger partial charge in [-0.1, -0.05) is 36.4 Å². The van der Waals surface area contributed by atoms with Crippen molar-refractivity contribution in [3.05, 3.63) is 82.9 Å². The molecule has 4 heterocycles. The fraction of sp³-hybridized carbons (Fsp3) is 0.222. The molecule has 3 fully saturated rings. The van der Waals surface area contributed by atoms with Crippen LogP contribution in [0.2, 0.25) is 0 Å². The second-order valence-corrected chi connectivity index (χ2v) is 10.2. The third-order valence-corrected chi connectivity index (χ3v) is 7.48. The van der Waals surface area contributed by atoms with E-state index in [0.29, 0.717) is 66.9 Å². The van der Waals surface area contributed by atoms with E-state index in [2.05, 4.69) is 20.2 Å². The minimum absolute atomic E-state index is 0.0619. The number of para-hydroxylation sites is 1. The first kappa shape index (κ1) is 23.2. The molecule has 2 aromatic carbocycles. The smallest absolute Gasteiger partial charge is 0.290 e. The number of rotatable bonds is 5. The predicted molar refractivity (Wildman–Crippen MR) is 139 cm³/mol. The molecule has 3 amide bonds. The van der Waals surface area contributed by atoms with Crippen LogP contribution in [-0.2, 0) is 4.79 Å². The Bertz CT molecular complexity index is 1380. The Morgan fingerprint density at radius 2 is 1.62 bits per heavy atom. The summed E-state index contributed by atoms with van der Waals surface area (Å²) in [4.78, 5) is 50.3. The standard InChI is InChI=1S/C27H23N5O4S/c33-24-22(37-27(35)30-24)11-20-12-23(36-21-9-5-2-6-10-21)29-26(28-20)32-15-18-13-31(14-19(18)16-32)25(34)17-7-3-1-4-8-17/h1-12,18-19H,13-16H2,(H,30,33,35)/b22-11-. The van der Waals surface area contributed by atoms with Crippen LogP contribution in [0.5, 0.6) is 11.6 Å². The molecule has 37 heavy (non-hydrogen) atoms. The van der Waals surface area contributed by atoms with Gasteiger partial charge in [0.2, 0.25) is 11.8 Å². The number of benzene rings is 2. The molecule has 3 saturated heterocycles. The molecule has 0 bridgehead atoms. The Morgan fingerprint density at radius 1 is 0.946 bits per heavy atom. The first-order valence-electron chi connectivity index (χ1n) is 12.0. The minimum atomic E-state index is -0.445. The largest absolute Gasteiger partial charge is 0.439 e. The summed E-state index contributed by atoms with van der Waals surface area (Å²) in [5, 5.41) is 1.85. The van der Waals surface area contributed by atoms with Crippen molar-refractivity contribution in [3.63, 3.8) is 0 Å². The molecule has 9 nitrogen and oxygen atoms in total. The zero-order chi connectivity index (χ0) is 25.4. The van der Waals surface area contributed by atoms with E-state index in [-0.39, 0.29) is 10.8 Å². The van der Waals surface area contributed by atoms with Crippen LogP contribution >= 0.6 is 11.8 Å². The molecule has 0 saturated carbocycles. The van der Waals surface area contributed by atoms with Crippen molar-refractivity contribution in [2.24, 2.45) is 11.8 Å². The van der Waals surface area contributed by atoms with Crippen LogP contribution in [-0.4, -0.2) is 58.1 Å². The van der Waals surface area contributed by atoms with Crippen molar-refractivity contribution in [2.45, 2.75) is 0 Å². The highest BCUT2D eigenvalue weighted by molar-refractivity contribution is 8.18. The van der Waals surface area contributed by atoms with Gasteiger partial charge in [-0.15, -0.1) is 0 Å². The van der Waals surface area contributed by atoms with Gasteiger partial charge in [-0.3, -0.25) is 19.7 Å². The SMILES string of the molecule is O=C1NC(=O)/C(=C/c2cc(Oc3ccccc3)nc(N3CC4CN(C(=O)c5ccccc5)CC4C3)n2)S1. The Hall–Kier alpha value is -4.18. The number of likely N-dealkylation sites (tertiary alicyclic amines) is 1. The van der Waals surface area contributed by atoms with Gasteiger partial charge in [0.05, 0.1) is 10.6 Å². The molecule has 3 aromatic rings. The maximum absolute atomic E-state index is 12.9. The second kappa shape index (κ2) is 9.70. The first-order valence-corrected chi connectivity index (χ1v) is 12.8. The number of ether oxygens (including phenoxy) is 1. The van der Waals surface area contributed by atoms with Gasteiger partial charge in [-0.2, -0.15) is 4.98 Å². The maximum Gasteiger partial charge on any atom is 0.290 e. The Labute approximate surface area is 217 Å². The topological polar surface area (TPSA) is 105 Å². The van der Waals surface area contributed by atoms with Gasteiger partial charge in [0.25, 0.3) is 17.1 Å². The summed E-state index contributed by atoms with van der Waals surface area (Å²) in [5.74, 6) is 1.70. The highest BCUT2D eigenvalue weighted by atomic mass is 32.2. The van der Waals surface area contributed by atoms with Gasteiger partial charge >= 0.3 is 0 Å². The molecule has 186 valence electrons. The van der Waals surface area contributed by atoms with Crippen LogP contribution in [0.3, 0.4) is 0 Å². The molecule has 2 unspecified atom stereocenters. The van der Waals surface area contributed by atoms with E-state index in [1.165, 1.54) is 0 Å². The number of fused-ring (bicyclic) bond motifs is 1. The fourth-order valence-electron chi connectivity index (χ4n) is 4.95. The number of aromatic nitrogens is 2. The summed E-state index contributed by atoms with van der Waals surface area (Å²) < 4.78 is 5.99. The number of nitrogens with zero attached hydrogens (tertiary/aromatic N) is 4. The van der Waals surface area contributed by atoms with E-state index in [1.54, 1.807) is 12.1 Å². The van der Waals surface area contributed by atoms with Crippen LogP contribution in [0.25, 0.3) is 6.08 Å². The van der Waals surface area contributed by atoms with Crippen LogP contribution in [0.15, 0.2) is 71.6 Å². The minimum Gasteiger partial charge on any atom is -0.439 e. The van der Waals surface area contributed by atoms with Crippen LogP contribution in [0, 0.1) is 11.8 Å². The molecule has 10 heteroatoms. The fourth-order valence-corrected chi connectivity index (χ4v) is 5.61. The summed E-state index contributed by atoms with van der Waals surface area (Å²) in [5.41, 5.74) is 1.18. The van der Waals surface area contributed by atoms with E-state index >= 15 is 0 Å². The van der Waals surface area contributed by atoms with Crippen LogP contribution in [0.1, 0.15) is 16.1 Å². The summed E-state index contributed by atoms with van der Waals surface area (Å²) >= 11 is 0.840. The number of carbonyl (C=O) groups is 3. The van der Waals surface area contributed by atoms with Gasteiger partial charge in [-0.05, 0) is 42.1 Å². The zero-order valence-electron chi connectivity index (χ0n) is 19.7. The number of nitrogens with one attached hydrogen (secondary N) is 1.